The molecule has 0 bridgehead atoms. The molecular formula is C20H20N2O5. The Balaban J connectivity index is 1.91. The minimum Gasteiger partial charge on any atom is -0.493 e. The molecule has 2 aromatic carbocycles. The van der Waals surface area contributed by atoms with Crippen LogP contribution in [0.15, 0.2) is 42.5 Å². The van der Waals surface area contributed by atoms with Gasteiger partial charge in [-0.25, -0.2) is 4.79 Å². The van der Waals surface area contributed by atoms with Crippen LogP contribution in [0.5, 0.6) is 11.5 Å². The van der Waals surface area contributed by atoms with Gasteiger partial charge in [-0.3, -0.25) is 4.79 Å². The van der Waals surface area contributed by atoms with Gasteiger partial charge in [-0.2, -0.15) is 5.26 Å². The molecule has 0 radical (unpaired) electrons. The number of esters is 1. The van der Waals surface area contributed by atoms with Crippen LogP contribution in [-0.2, 0) is 9.53 Å². The van der Waals surface area contributed by atoms with Crippen molar-refractivity contribution in [3.8, 4) is 17.6 Å². The topological polar surface area (TPSA) is 97.6 Å². The molecule has 7 nitrogen and oxygen atoms in total. The van der Waals surface area contributed by atoms with Gasteiger partial charge >= 0.3 is 5.97 Å². The van der Waals surface area contributed by atoms with Gasteiger partial charge in [0.2, 0.25) is 0 Å². The van der Waals surface area contributed by atoms with Crippen molar-refractivity contribution >= 4 is 17.6 Å². The first-order chi connectivity index (χ1) is 13.1. The number of ether oxygens (including phenoxy) is 3. The molecule has 0 saturated heterocycles. The van der Waals surface area contributed by atoms with Crippen LogP contribution in [-0.4, -0.2) is 32.2 Å². The summed E-state index contributed by atoms with van der Waals surface area (Å²) in [5, 5.41) is 11.6. The third kappa shape index (κ3) is 5.75. The van der Waals surface area contributed by atoms with Crippen LogP contribution >= 0.6 is 0 Å². The summed E-state index contributed by atoms with van der Waals surface area (Å²) in [6.07, 6.45) is 0.754. The number of benzene rings is 2. The molecule has 0 unspecified atom stereocenters. The van der Waals surface area contributed by atoms with Crippen LogP contribution in [0.3, 0.4) is 0 Å². The van der Waals surface area contributed by atoms with Crippen LogP contribution in [0.4, 0.5) is 5.69 Å². The standard InChI is InChI=1S/C20H20N2O5/c1-3-10-26-20(24)15-5-7-16(8-6-15)22-19(23)13-27-17-9-4-14(12-21)11-18(17)25-2/h4-9,11H,3,10,13H2,1-2H3,(H,22,23). The van der Waals surface area contributed by atoms with E-state index in [0.717, 1.165) is 6.42 Å². The number of hydrogen-bond donors (Lipinski definition) is 1. The molecule has 0 spiro atoms. The fourth-order valence-corrected chi connectivity index (χ4v) is 2.16. The first kappa shape index (κ1) is 19.8. The van der Waals surface area contributed by atoms with Crippen LogP contribution in [0, 0.1) is 11.3 Å². The van der Waals surface area contributed by atoms with Crippen molar-refractivity contribution in [1.82, 2.24) is 0 Å². The van der Waals surface area contributed by atoms with E-state index in [4.69, 9.17) is 19.5 Å². The number of nitrogens with zero attached hydrogens (tertiary/aromatic N) is 1. The summed E-state index contributed by atoms with van der Waals surface area (Å²) in [5.41, 5.74) is 1.38. The number of anilines is 1. The van der Waals surface area contributed by atoms with Gasteiger partial charge in [-0.1, -0.05) is 6.92 Å². The molecule has 0 aliphatic heterocycles. The van der Waals surface area contributed by atoms with Gasteiger partial charge in [0.25, 0.3) is 5.91 Å². The zero-order valence-corrected chi connectivity index (χ0v) is 15.2. The van der Waals surface area contributed by atoms with Gasteiger partial charge < -0.3 is 19.5 Å². The number of methoxy groups -OCH3 is 1. The molecule has 0 aliphatic carbocycles. The van der Waals surface area contributed by atoms with E-state index in [9.17, 15) is 9.59 Å². The number of carbonyl (C=O) groups is 2. The second kappa shape index (κ2) is 9.82. The molecular weight excluding hydrogens is 348 g/mol. The smallest absolute Gasteiger partial charge is 0.338 e. The monoisotopic (exact) mass is 368 g/mol. The molecule has 0 heterocycles. The highest BCUT2D eigenvalue weighted by molar-refractivity contribution is 5.93. The molecule has 0 atom stereocenters. The maximum atomic E-state index is 12.0. The summed E-state index contributed by atoms with van der Waals surface area (Å²) < 4.78 is 15.6. The number of carbonyl (C=O) groups excluding carboxylic acids is 2. The second-order valence-corrected chi connectivity index (χ2v) is 5.53. The third-order valence-corrected chi connectivity index (χ3v) is 3.49. The average Bonchev–Trinajstić information content (AvgIpc) is 2.70. The average molecular weight is 368 g/mol. The summed E-state index contributed by atoms with van der Waals surface area (Å²) in [7, 11) is 1.45. The molecule has 7 heteroatoms. The van der Waals surface area contributed by atoms with Crippen molar-refractivity contribution in [3.05, 3.63) is 53.6 Å². The molecule has 0 aliphatic rings. The van der Waals surface area contributed by atoms with E-state index in [-0.39, 0.29) is 12.5 Å². The lowest BCUT2D eigenvalue weighted by atomic mass is 10.2. The molecule has 1 amide bonds. The molecule has 0 aromatic heterocycles. The Hall–Kier alpha value is -3.53. The van der Waals surface area contributed by atoms with Crippen molar-refractivity contribution in [2.24, 2.45) is 0 Å². The van der Waals surface area contributed by atoms with Crippen molar-refractivity contribution < 1.29 is 23.8 Å². The Morgan fingerprint density at radius 1 is 1.11 bits per heavy atom. The van der Waals surface area contributed by atoms with Crippen LogP contribution in [0.2, 0.25) is 0 Å². The third-order valence-electron chi connectivity index (χ3n) is 3.49. The zero-order chi connectivity index (χ0) is 19.6. The van der Waals surface area contributed by atoms with Gasteiger partial charge in [0.1, 0.15) is 0 Å². The molecule has 0 fully saturated rings. The molecule has 2 rings (SSSR count). The first-order valence-electron chi connectivity index (χ1n) is 8.35. The number of nitriles is 1. The lowest BCUT2D eigenvalue weighted by Crippen LogP contribution is -2.20. The Kier molecular flexibility index (Phi) is 7.20. The van der Waals surface area contributed by atoms with E-state index in [0.29, 0.717) is 34.9 Å². The molecule has 0 saturated carbocycles. The number of amides is 1. The predicted octanol–water partition coefficient (Wildman–Crippen LogP) is 3.15. The maximum Gasteiger partial charge on any atom is 0.338 e. The zero-order valence-electron chi connectivity index (χ0n) is 15.2. The minimum atomic E-state index is -0.397. The van der Waals surface area contributed by atoms with E-state index in [1.54, 1.807) is 36.4 Å². The van der Waals surface area contributed by atoms with Gasteiger partial charge in [-0.05, 0) is 42.8 Å². The minimum absolute atomic E-state index is 0.234. The first-order valence-corrected chi connectivity index (χ1v) is 8.35. The number of rotatable bonds is 8. The van der Waals surface area contributed by atoms with E-state index < -0.39 is 5.97 Å². The van der Waals surface area contributed by atoms with Crippen LogP contribution < -0.4 is 14.8 Å². The number of nitrogens with one attached hydrogen (secondary N) is 1. The lowest BCUT2D eigenvalue weighted by molar-refractivity contribution is -0.118. The van der Waals surface area contributed by atoms with E-state index in [2.05, 4.69) is 5.32 Å². The van der Waals surface area contributed by atoms with Gasteiger partial charge in [0.15, 0.2) is 18.1 Å². The van der Waals surface area contributed by atoms with Gasteiger partial charge in [-0.15, -0.1) is 0 Å². The van der Waals surface area contributed by atoms with Gasteiger partial charge in [0, 0.05) is 11.8 Å². The molecule has 2 aromatic rings. The Morgan fingerprint density at radius 2 is 1.85 bits per heavy atom. The summed E-state index contributed by atoms with van der Waals surface area (Å²) >= 11 is 0. The second-order valence-electron chi connectivity index (χ2n) is 5.53. The fourth-order valence-electron chi connectivity index (χ4n) is 2.16. The Morgan fingerprint density at radius 3 is 2.48 bits per heavy atom. The normalized spacial score (nSPS) is 9.81. The van der Waals surface area contributed by atoms with Crippen LogP contribution in [0.1, 0.15) is 29.3 Å². The highest BCUT2D eigenvalue weighted by Crippen LogP contribution is 2.27. The SMILES string of the molecule is CCCOC(=O)c1ccc(NC(=O)COc2ccc(C#N)cc2OC)cc1. The summed E-state index contributed by atoms with van der Waals surface area (Å²) in [6.45, 7) is 2.05. The van der Waals surface area contributed by atoms with E-state index in [1.807, 2.05) is 13.0 Å². The Bertz CT molecular complexity index is 840. The Labute approximate surface area is 157 Å². The molecule has 1 N–H and O–H groups in total. The van der Waals surface area contributed by atoms with Crippen LogP contribution in [0.25, 0.3) is 0 Å². The van der Waals surface area contributed by atoms with E-state index >= 15 is 0 Å². The van der Waals surface area contributed by atoms with Gasteiger partial charge in [0.05, 0.1) is 30.9 Å². The summed E-state index contributed by atoms with van der Waals surface area (Å²) in [5.74, 6) is -0.0360. The maximum absolute atomic E-state index is 12.0. The molecule has 140 valence electrons. The number of hydrogen-bond acceptors (Lipinski definition) is 6. The highest BCUT2D eigenvalue weighted by atomic mass is 16.5. The van der Waals surface area contributed by atoms with Crippen molar-refractivity contribution in [3.63, 3.8) is 0 Å². The summed E-state index contributed by atoms with van der Waals surface area (Å²) in [4.78, 5) is 23.8. The fraction of sp³-hybridized carbons (Fsp3) is 0.250. The largest absolute Gasteiger partial charge is 0.493 e. The van der Waals surface area contributed by atoms with E-state index in [1.165, 1.54) is 13.2 Å². The summed E-state index contributed by atoms with van der Waals surface area (Å²) in [6, 6.07) is 13.1. The van der Waals surface area contributed by atoms with Crippen molar-refractivity contribution in [2.75, 3.05) is 25.6 Å². The van der Waals surface area contributed by atoms with Crippen molar-refractivity contribution in [1.29, 1.82) is 5.26 Å². The quantitative estimate of drug-likeness (QED) is 0.719. The highest BCUT2D eigenvalue weighted by Gasteiger charge is 2.10. The van der Waals surface area contributed by atoms with Crippen molar-refractivity contribution in [2.45, 2.75) is 13.3 Å². The predicted molar refractivity (Wildman–Crippen MR) is 98.8 cm³/mol. The molecule has 27 heavy (non-hydrogen) atoms. The lowest BCUT2D eigenvalue weighted by Gasteiger charge is -2.11.